The van der Waals surface area contributed by atoms with Crippen molar-refractivity contribution in [1.82, 2.24) is 14.1 Å². The number of aryl methyl sites for hydroxylation is 1. The molecule has 0 atom stereocenters. The van der Waals surface area contributed by atoms with E-state index in [1.165, 1.54) is 0 Å². The largest absolute Gasteiger partial charge is 0.454 e. The van der Waals surface area contributed by atoms with Gasteiger partial charge in [0, 0.05) is 13.1 Å². The molecule has 7 nitrogen and oxygen atoms in total. The summed E-state index contributed by atoms with van der Waals surface area (Å²) in [6.07, 6.45) is 2.93. The Kier molecular flexibility index (Phi) is 4.40. The molecule has 0 aliphatic carbocycles. The predicted molar refractivity (Wildman–Crippen MR) is 96.0 cm³/mol. The fourth-order valence-corrected chi connectivity index (χ4v) is 5.54. The van der Waals surface area contributed by atoms with Crippen LogP contribution < -0.4 is 9.47 Å². The number of sulfonamides is 1. The molecule has 1 saturated heterocycles. The summed E-state index contributed by atoms with van der Waals surface area (Å²) in [6.45, 7) is 5.49. The second-order valence-corrected chi connectivity index (χ2v) is 8.68. The van der Waals surface area contributed by atoms with Crippen molar-refractivity contribution in [3.05, 3.63) is 35.2 Å². The third-order valence-corrected chi connectivity index (χ3v) is 7.15. The first kappa shape index (κ1) is 17.4. The lowest BCUT2D eigenvalue weighted by Gasteiger charge is -2.26. The van der Waals surface area contributed by atoms with Gasteiger partial charge in [-0.2, -0.15) is 9.40 Å². The van der Waals surface area contributed by atoms with Crippen molar-refractivity contribution in [2.75, 3.05) is 19.9 Å². The Morgan fingerprint density at radius 2 is 1.81 bits per heavy atom. The average Bonchev–Trinajstić information content (AvgIpc) is 3.20. The summed E-state index contributed by atoms with van der Waals surface area (Å²) in [4.78, 5) is 0.347. The van der Waals surface area contributed by atoms with Crippen LogP contribution in [0.2, 0.25) is 0 Å². The standard InChI is InChI=1S/C18H23N3O4S/c1-13-18(26(22,23)20-8-4-3-5-9-20)14(2)21(19-13)11-15-6-7-16-17(10-15)25-12-24-16/h6-7,10H,3-5,8-9,11-12H2,1-2H3. The highest BCUT2D eigenvalue weighted by molar-refractivity contribution is 7.89. The smallest absolute Gasteiger partial charge is 0.246 e. The topological polar surface area (TPSA) is 73.7 Å². The van der Waals surface area contributed by atoms with E-state index < -0.39 is 10.0 Å². The molecular formula is C18H23N3O4S. The summed E-state index contributed by atoms with van der Waals surface area (Å²) in [7, 11) is -3.50. The molecule has 1 aromatic carbocycles. The molecule has 0 spiro atoms. The molecule has 2 aromatic rings. The van der Waals surface area contributed by atoms with Gasteiger partial charge in [-0.05, 0) is 44.4 Å². The molecule has 0 N–H and O–H groups in total. The molecule has 0 amide bonds. The molecule has 0 unspecified atom stereocenters. The maximum absolute atomic E-state index is 13.1. The van der Waals surface area contributed by atoms with Gasteiger partial charge in [0.1, 0.15) is 4.90 Å². The Bertz CT molecular complexity index is 930. The summed E-state index contributed by atoms with van der Waals surface area (Å²) in [6, 6.07) is 5.73. The molecule has 0 radical (unpaired) electrons. The van der Waals surface area contributed by atoms with Crippen LogP contribution in [0.15, 0.2) is 23.1 Å². The Morgan fingerprint density at radius 3 is 2.58 bits per heavy atom. The van der Waals surface area contributed by atoms with Crippen molar-refractivity contribution in [3.63, 3.8) is 0 Å². The summed E-state index contributed by atoms with van der Waals surface area (Å²) < 4.78 is 40.3. The van der Waals surface area contributed by atoms with Crippen molar-refractivity contribution in [3.8, 4) is 11.5 Å². The molecule has 3 heterocycles. The molecular weight excluding hydrogens is 354 g/mol. The molecule has 1 aromatic heterocycles. The van der Waals surface area contributed by atoms with Gasteiger partial charge in [0.2, 0.25) is 16.8 Å². The maximum Gasteiger partial charge on any atom is 0.246 e. The van der Waals surface area contributed by atoms with E-state index in [4.69, 9.17) is 9.47 Å². The predicted octanol–water partition coefficient (Wildman–Crippen LogP) is 2.45. The number of nitrogens with zero attached hydrogens (tertiary/aromatic N) is 3. The Labute approximate surface area is 153 Å². The van der Waals surface area contributed by atoms with E-state index in [0.717, 1.165) is 30.6 Å². The summed E-state index contributed by atoms with van der Waals surface area (Å²) in [5.74, 6) is 1.45. The van der Waals surface area contributed by atoms with Gasteiger partial charge in [0.05, 0.1) is 17.9 Å². The van der Waals surface area contributed by atoms with Crippen LogP contribution in [0.1, 0.15) is 36.2 Å². The molecule has 8 heteroatoms. The van der Waals surface area contributed by atoms with Crippen LogP contribution in [0.3, 0.4) is 0 Å². The number of benzene rings is 1. The number of ether oxygens (including phenoxy) is 2. The second kappa shape index (κ2) is 6.59. The van der Waals surface area contributed by atoms with Crippen LogP contribution in [0.5, 0.6) is 11.5 Å². The highest BCUT2D eigenvalue weighted by Gasteiger charge is 2.31. The zero-order valence-corrected chi connectivity index (χ0v) is 15.9. The lowest BCUT2D eigenvalue weighted by atomic mass is 10.2. The lowest BCUT2D eigenvalue weighted by molar-refractivity contribution is 0.174. The number of aromatic nitrogens is 2. The summed E-state index contributed by atoms with van der Waals surface area (Å²) >= 11 is 0. The molecule has 26 heavy (non-hydrogen) atoms. The first-order valence-electron chi connectivity index (χ1n) is 8.89. The highest BCUT2D eigenvalue weighted by Crippen LogP contribution is 2.33. The van der Waals surface area contributed by atoms with Crippen LogP contribution in [-0.2, 0) is 16.6 Å². The van der Waals surface area contributed by atoms with Crippen molar-refractivity contribution in [2.45, 2.75) is 44.6 Å². The molecule has 0 saturated carbocycles. The van der Waals surface area contributed by atoms with Crippen molar-refractivity contribution in [1.29, 1.82) is 0 Å². The SMILES string of the molecule is Cc1nn(Cc2ccc3c(c2)OCO3)c(C)c1S(=O)(=O)N1CCCCC1. The number of rotatable bonds is 4. The molecule has 140 valence electrons. The minimum Gasteiger partial charge on any atom is -0.454 e. The third-order valence-electron chi connectivity index (χ3n) is 5.00. The van der Waals surface area contributed by atoms with Gasteiger partial charge in [-0.25, -0.2) is 8.42 Å². The van der Waals surface area contributed by atoms with Crippen LogP contribution in [0.25, 0.3) is 0 Å². The first-order valence-corrected chi connectivity index (χ1v) is 10.3. The van der Waals surface area contributed by atoms with E-state index in [9.17, 15) is 8.42 Å². The Hall–Kier alpha value is -2.06. The number of fused-ring (bicyclic) bond motifs is 1. The monoisotopic (exact) mass is 377 g/mol. The van der Waals surface area contributed by atoms with Crippen molar-refractivity contribution >= 4 is 10.0 Å². The average molecular weight is 377 g/mol. The number of hydrogen-bond donors (Lipinski definition) is 0. The number of hydrogen-bond acceptors (Lipinski definition) is 5. The second-order valence-electron chi connectivity index (χ2n) is 6.81. The van der Waals surface area contributed by atoms with Crippen LogP contribution in [0, 0.1) is 13.8 Å². The van der Waals surface area contributed by atoms with Gasteiger partial charge in [0.25, 0.3) is 0 Å². The molecule has 2 aliphatic rings. The van der Waals surface area contributed by atoms with Crippen molar-refractivity contribution in [2.24, 2.45) is 0 Å². The molecule has 0 bridgehead atoms. The minimum absolute atomic E-state index is 0.233. The van der Waals surface area contributed by atoms with E-state index in [0.29, 0.717) is 41.7 Å². The van der Waals surface area contributed by atoms with Crippen molar-refractivity contribution < 1.29 is 17.9 Å². The third kappa shape index (κ3) is 2.97. The van der Waals surface area contributed by atoms with Gasteiger partial charge in [-0.15, -0.1) is 0 Å². The minimum atomic E-state index is -3.50. The van der Waals surface area contributed by atoms with Gasteiger partial charge < -0.3 is 9.47 Å². The van der Waals surface area contributed by atoms with Gasteiger partial charge in [-0.3, -0.25) is 4.68 Å². The maximum atomic E-state index is 13.1. The zero-order valence-electron chi connectivity index (χ0n) is 15.1. The normalized spacial score (nSPS) is 17.6. The van der Waals surface area contributed by atoms with E-state index in [2.05, 4.69) is 5.10 Å². The van der Waals surface area contributed by atoms with Gasteiger partial charge >= 0.3 is 0 Å². The molecule has 4 rings (SSSR count). The number of piperidine rings is 1. The Balaban J connectivity index is 1.64. The molecule has 1 fully saturated rings. The fraction of sp³-hybridized carbons (Fsp3) is 0.500. The summed E-state index contributed by atoms with van der Waals surface area (Å²) in [5.41, 5.74) is 2.21. The highest BCUT2D eigenvalue weighted by atomic mass is 32.2. The van der Waals surface area contributed by atoms with Crippen LogP contribution in [0.4, 0.5) is 0 Å². The lowest BCUT2D eigenvalue weighted by Crippen LogP contribution is -2.36. The van der Waals surface area contributed by atoms with Gasteiger partial charge in [0.15, 0.2) is 11.5 Å². The molecule has 2 aliphatic heterocycles. The van der Waals surface area contributed by atoms with Gasteiger partial charge in [-0.1, -0.05) is 12.5 Å². The Morgan fingerprint density at radius 1 is 1.08 bits per heavy atom. The summed E-state index contributed by atoms with van der Waals surface area (Å²) in [5, 5.41) is 4.50. The van der Waals surface area contributed by atoms with E-state index in [1.54, 1.807) is 15.9 Å². The van der Waals surface area contributed by atoms with E-state index in [-0.39, 0.29) is 6.79 Å². The van der Waals surface area contributed by atoms with E-state index >= 15 is 0 Å². The van der Waals surface area contributed by atoms with E-state index in [1.807, 2.05) is 25.1 Å². The zero-order chi connectivity index (χ0) is 18.3. The fourth-order valence-electron chi connectivity index (χ4n) is 3.65. The first-order chi connectivity index (χ1) is 12.5. The van der Waals surface area contributed by atoms with Crippen LogP contribution >= 0.6 is 0 Å². The van der Waals surface area contributed by atoms with Crippen LogP contribution in [-0.4, -0.2) is 42.4 Å². The quantitative estimate of drug-likeness (QED) is 0.818.